The predicted molar refractivity (Wildman–Crippen MR) is 91.9 cm³/mol. The predicted octanol–water partition coefficient (Wildman–Crippen LogP) is 5.10. The highest BCUT2D eigenvalue weighted by atomic mass is 79.9. The molecule has 0 amide bonds. The Hall–Kier alpha value is -1.42. The van der Waals surface area contributed by atoms with Crippen molar-refractivity contribution in [3.05, 3.63) is 34.5 Å². The van der Waals surface area contributed by atoms with E-state index in [1.165, 1.54) is 18.5 Å². The van der Waals surface area contributed by atoms with Gasteiger partial charge in [-0.05, 0) is 47.0 Å². The monoisotopic (exact) mass is 361 g/mol. The Labute approximate surface area is 138 Å². The van der Waals surface area contributed by atoms with Crippen LogP contribution in [0.1, 0.15) is 39.2 Å². The molecule has 2 aromatic rings. The fraction of sp³-hybridized carbons (Fsp3) is 0.444. The SMILES string of the molecule is CC(C)(C)C1C=C(NC2CC2)c2cc(Br)c3occc3c2O1. The molecule has 1 atom stereocenters. The maximum atomic E-state index is 6.36. The summed E-state index contributed by atoms with van der Waals surface area (Å²) in [6.07, 6.45) is 6.50. The fourth-order valence-corrected chi connectivity index (χ4v) is 3.34. The topological polar surface area (TPSA) is 34.4 Å². The molecule has 1 N–H and O–H groups in total. The molecule has 22 heavy (non-hydrogen) atoms. The van der Waals surface area contributed by atoms with Gasteiger partial charge in [0.1, 0.15) is 11.9 Å². The third-order valence-electron chi connectivity index (χ3n) is 4.29. The van der Waals surface area contributed by atoms with Crippen LogP contribution in [0, 0.1) is 5.41 Å². The average molecular weight is 362 g/mol. The van der Waals surface area contributed by atoms with Gasteiger partial charge in [-0.3, -0.25) is 0 Å². The summed E-state index contributed by atoms with van der Waals surface area (Å²) in [5.41, 5.74) is 3.19. The molecular weight excluding hydrogens is 342 g/mol. The summed E-state index contributed by atoms with van der Waals surface area (Å²) in [6.45, 7) is 6.62. The van der Waals surface area contributed by atoms with E-state index in [1.807, 2.05) is 6.07 Å². The molecule has 0 bridgehead atoms. The van der Waals surface area contributed by atoms with Gasteiger partial charge in [-0.15, -0.1) is 0 Å². The van der Waals surface area contributed by atoms with Crippen molar-refractivity contribution < 1.29 is 9.15 Å². The highest BCUT2D eigenvalue weighted by molar-refractivity contribution is 9.10. The van der Waals surface area contributed by atoms with Gasteiger partial charge in [-0.25, -0.2) is 0 Å². The first kappa shape index (κ1) is 14.2. The van der Waals surface area contributed by atoms with Gasteiger partial charge in [-0.2, -0.15) is 0 Å². The minimum atomic E-state index is 0.0390. The second-order valence-corrected chi connectivity index (χ2v) is 8.16. The van der Waals surface area contributed by atoms with Crippen LogP contribution in [0.3, 0.4) is 0 Å². The lowest BCUT2D eigenvalue weighted by atomic mass is 9.86. The van der Waals surface area contributed by atoms with E-state index in [-0.39, 0.29) is 11.5 Å². The van der Waals surface area contributed by atoms with Crippen LogP contribution in [0.4, 0.5) is 0 Å². The average Bonchev–Trinajstić information content (AvgIpc) is 3.11. The first-order valence-electron chi connectivity index (χ1n) is 7.78. The summed E-state index contributed by atoms with van der Waals surface area (Å²) < 4.78 is 12.9. The normalized spacial score (nSPS) is 21.3. The molecule has 1 saturated carbocycles. The Balaban J connectivity index is 1.89. The molecule has 3 nitrogen and oxygen atoms in total. The minimum absolute atomic E-state index is 0.0390. The number of fused-ring (bicyclic) bond motifs is 3. The highest BCUT2D eigenvalue weighted by Crippen LogP contribution is 2.44. The fourth-order valence-electron chi connectivity index (χ4n) is 2.81. The second kappa shape index (κ2) is 4.79. The van der Waals surface area contributed by atoms with E-state index < -0.39 is 0 Å². The van der Waals surface area contributed by atoms with Crippen LogP contribution in [-0.2, 0) is 0 Å². The number of hydrogen-bond acceptors (Lipinski definition) is 3. The number of hydrogen-bond donors (Lipinski definition) is 1. The Morgan fingerprint density at radius 1 is 1.27 bits per heavy atom. The van der Waals surface area contributed by atoms with Gasteiger partial charge < -0.3 is 14.5 Å². The highest BCUT2D eigenvalue weighted by Gasteiger charge is 2.34. The molecule has 0 radical (unpaired) electrons. The van der Waals surface area contributed by atoms with Crippen LogP contribution in [-0.4, -0.2) is 12.1 Å². The maximum Gasteiger partial charge on any atom is 0.151 e. The molecule has 1 aromatic carbocycles. The quantitative estimate of drug-likeness (QED) is 0.808. The molecule has 1 aromatic heterocycles. The van der Waals surface area contributed by atoms with Gasteiger partial charge >= 0.3 is 0 Å². The molecular formula is C18H20BrNO2. The number of rotatable bonds is 2. The summed E-state index contributed by atoms with van der Waals surface area (Å²) in [5.74, 6) is 0.928. The van der Waals surface area contributed by atoms with E-state index in [1.54, 1.807) is 6.26 Å². The Morgan fingerprint density at radius 2 is 2.05 bits per heavy atom. The van der Waals surface area contributed by atoms with Gasteiger partial charge in [0.25, 0.3) is 0 Å². The number of ether oxygens (including phenoxy) is 1. The number of benzene rings is 1. The third kappa shape index (κ3) is 2.34. The van der Waals surface area contributed by atoms with Crippen molar-refractivity contribution in [3.8, 4) is 5.75 Å². The van der Waals surface area contributed by atoms with Crippen LogP contribution < -0.4 is 10.1 Å². The summed E-state index contributed by atoms with van der Waals surface area (Å²) in [4.78, 5) is 0. The van der Waals surface area contributed by atoms with E-state index in [4.69, 9.17) is 9.15 Å². The van der Waals surface area contributed by atoms with Crippen molar-refractivity contribution in [1.29, 1.82) is 0 Å². The van der Waals surface area contributed by atoms with E-state index in [0.29, 0.717) is 6.04 Å². The van der Waals surface area contributed by atoms with Crippen LogP contribution in [0.25, 0.3) is 16.7 Å². The molecule has 4 heteroatoms. The van der Waals surface area contributed by atoms with Gasteiger partial charge in [0, 0.05) is 22.7 Å². The molecule has 2 aliphatic rings. The van der Waals surface area contributed by atoms with Crippen molar-refractivity contribution in [2.45, 2.75) is 45.8 Å². The first-order valence-corrected chi connectivity index (χ1v) is 8.58. The maximum absolute atomic E-state index is 6.36. The summed E-state index contributed by atoms with van der Waals surface area (Å²) in [5, 5.41) is 4.69. The lowest BCUT2D eigenvalue weighted by Crippen LogP contribution is -2.34. The van der Waals surface area contributed by atoms with Crippen molar-refractivity contribution in [2.75, 3.05) is 0 Å². The summed E-state index contributed by atoms with van der Waals surface area (Å²) in [7, 11) is 0. The Bertz CT molecular complexity index is 765. The standard InChI is InChI=1S/C18H20BrNO2/c1-18(2,3)15-9-14(20-10-4-5-10)12-8-13(19)17-11(6-7-21-17)16(12)22-15/h6-10,15,20H,4-5H2,1-3H3. The van der Waals surface area contributed by atoms with Crippen LogP contribution in [0.15, 0.2) is 33.4 Å². The van der Waals surface area contributed by atoms with Crippen molar-refractivity contribution in [1.82, 2.24) is 5.32 Å². The van der Waals surface area contributed by atoms with E-state index in [0.717, 1.165) is 26.8 Å². The molecule has 2 heterocycles. The third-order valence-corrected chi connectivity index (χ3v) is 4.88. The van der Waals surface area contributed by atoms with E-state index >= 15 is 0 Å². The van der Waals surface area contributed by atoms with Crippen LogP contribution in [0.2, 0.25) is 0 Å². The zero-order valence-electron chi connectivity index (χ0n) is 13.1. The number of nitrogens with one attached hydrogen (secondary N) is 1. The Kier molecular flexibility index (Phi) is 3.09. The zero-order chi connectivity index (χ0) is 15.5. The van der Waals surface area contributed by atoms with Crippen molar-refractivity contribution in [3.63, 3.8) is 0 Å². The van der Waals surface area contributed by atoms with E-state index in [9.17, 15) is 0 Å². The van der Waals surface area contributed by atoms with Crippen molar-refractivity contribution in [2.24, 2.45) is 5.41 Å². The largest absolute Gasteiger partial charge is 0.484 e. The lowest BCUT2D eigenvalue weighted by Gasteiger charge is -2.34. The molecule has 0 saturated heterocycles. The van der Waals surface area contributed by atoms with Gasteiger partial charge in [0.15, 0.2) is 5.58 Å². The summed E-state index contributed by atoms with van der Waals surface area (Å²) in [6, 6.07) is 4.69. The van der Waals surface area contributed by atoms with Gasteiger partial charge in [-0.1, -0.05) is 20.8 Å². The van der Waals surface area contributed by atoms with Crippen molar-refractivity contribution >= 4 is 32.6 Å². The van der Waals surface area contributed by atoms with Gasteiger partial charge in [0.2, 0.25) is 0 Å². The molecule has 4 rings (SSSR count). The Morgan fingerprint density at radius 3 is 2.73 bits per heavy atom. The number of halogens is 1. The molecule has 0 spiro atoms. The minimum Gasteiger partial charge on any atom is -0.484 e. The van der Waals surface area contributed by atoms with Crippen LogP contribution in [0.5, 0.6) is 5.75 Å². The summed E-state index contributed by atoms with van der Waals surface area (Å²) >= 11 is 3.61. The smallest absolute Gasteiger partial charge is 0.151 e. The first-order chi connectivity index (χ1) is 10.4. The zero-order valence-corrected chi connectivity index (χ0v) is 14.7. The van der Waals surface area contributed by atoms with Crippen LogP contribution >= 0.6 is 15.9 Å². The van der Waals surface area contributed by atoms with E-state index in [2.05, 4.69) is 54.2 Å². The second-order valence-electron chi connectivity index (χ2n) is 7.30. The molecule has 1 fully saturated rings. The molecule has 116 valence electrons. The molecule has 1 unspecified atom stereocenters. The lowest BCUT2D eigenvalue weighted by molar-refractivity contribution is 0.127. The number of furan rings is 1. The molecule has 1 aliphatic heterocycles. The molecule has 1 aliphatic carbocycles. The van der Waals surface area contributed by atoms with Gasteiger partial charge in [0.05, 0.1) is 16.1 Å².